The van der Waals surface area contributed by atoms with Crippen LogP contribution in [0.4, 0.5) is 5.69 Å². The molecule has 1 aromatic rings. The lowest BCUT2D eigenvalue weighted by Gasteiger charge is -2.08. The average Bonchev–Trinajstić information content (AvgIpc) is 2.18. The zero-order chi connectivity index (χ0) is 11.6. The van der Waals surface area contributed by atoms with Gasteiger partial charge in [0.15, 0.2) is 0 Å². The maximum Gasteiger partial charge on any atom is 0.331 e. The Hall–Kier alpha value is -1.49. The molecular formula is C9H12ClN3O2. The maximum atomic E-state index is 11.7. The van der Waals surface area contributed by atoms with Crippen LogP contribution in [-0.2, 0) is 13.1 Å². The Morgan fingerprint density at radius 3 is 2.67 bits per heavy atom. The molecular weight excluding hydrogens is 218 g/mol. The van der Waals surface area contributed by atoms with Gasteiger partial charge in [-0.25, -0.2) is 4.79 Å². The number of nitrogen functional groups attached to an aromatic ring is 1. The Morgan fingerprint density at radius 2 is 2.20 bits per heavy atom. The molecule has 0 fully saturated rings. The molecule has 5 nitrogen and oxygen atoms in total. The van der Waals surface area contributed by atoms with Crippen LogP contribution >= 0.6 is 11.6 Å². The van der Waals surface area contributed by atoms with Crippen molar-refractivity contribution in [3.05, 3.63) is 38.6 Å². The summed E-state index contributed by atoms with van der Waals surface area (Å²) in [5, 5.41) is 0.211. The van der Waals surface area contributed by atoms with Crippen molar-refractivity contribution in [1.29, 1.82) is 0 Å². The fraction of sp³-hybridized carbons (Fsp3) is 0.333. The second-order valence-corrected chi connectivity index (χ2v) is 3.60. The van der Waals surface area contributed by atoms with Gasteiger partial charge in [-0.3, -0.25) is 13.9 Å². The molecule has 0 amide bonds. The Labute approximate surface area is 91.4 Å². The molecule has 0 bridgehead atoms. The number of hydrogen-bond donors (Lipinski definition) is 1. The highest BCUT2D eigenvalue weighted by atomic mass is 35.5. The van der Waals surface area contributed by atoms with E-state index in [1.165, 1.54) is 10.8 Å². The molecule has 0 aliphatic heterocycles. The van der Waals surface area contributed by atoms with Crippen LogP contribution in [0.1, 0.15) is 6.92 Å². The number of hydrogen-bond acceptors (Lipinski definition) is 3. The van der Waals surface area contributed by atoms with E-state index in [0.717, 1.165) is 4.57 Å². The normalized spacial score (nSPS) is 10.3. The summed E-state index contributed by atoms with van der Waals surface area (Å²) in [5.74, 6) is 0. The Kier molecular flexibility index (Phi) is 3.36. The second-order valence-electron chi connectivity index (χ2n) is 3.06. The number of anilines is 1. The van der Waals surface area contributed by atoms with Crippen LogP contribution < -0.4 is 17.0 Å². The first-order valence-electron chi connectivity index (χ1n) is 4.40. The number of allylic oxidation sites excluding steroid dienone is 1. The number of aryl methyl sites for hydroxylation is 1. The molecule has 1 heterocycles. The van der Waals surface area contributed by atoms with Crippen LogP contribution in [0.2, 0.25) is 0 Å². The zero-order valence-corrected chi connectivity index (χ0v) is 9.12. The monoisotopic (exact) mass is 229 g/mol. The second kappa shape index (κ2) is 4.35. The molecule has 0 radical (unpaired) electrons. The summed E-state index contributed by atoms with van der Waals surface area (Å²) < 4.78 is 2.31. The first-order chi connectivity index (χ1) is 6.97. The maximum absolute atomic E-state index is 11.7. The van der Waals surface area contributed by atoms with Crippen LogP contribution in [0.25, 0.3) is 0 Å². The van der Waals surface area contributed by atoms with Crippen molar-refractivity contribution in [2.24, 2.45) is 0 Å². The van der Waals surface area contributed by atoms with Gasteiger partial charge in [-0.15, -0.1) is 0 Å². The van der Waals surface area contributed by atoms with Crippen molar-refractivity contribution >= 4 is 17.3 Å². The van der Waals surface area contributed by atoms with E-state index in [1.54, 1.807) is 6.92 Å². The van der Waals surface area contributed by atoms with Gasteiger partial charge in [0.2, 0.25) is 0 Å². The minimum Gasteiger partial charge on any atom is -0.393 e. The quantitative estimate of drug-likeness (QED) is 0.814. The van der Waals surface area contributed by atoms with E-state index < -0.39 is 11.2 Å². The summed E-state index contributed by atoms with van der Waals surface area (Å²) >= 11 is 5.56. The lowest BCUT2D eigenvalue weighted by Crippen LogP contribution is -2.40. The SMILES string of the molecule is C=C(Cl)Cn1c(=O)c(N)cn(CC)c1=O. The van der Waals surface area contributed by atoms with E-state index in [2.05, 4.69) is 6.58 Å². The molecule has 0 aliphatic rings. The number of halogens is 1. The van der Waals surface area contributed by atoms with Crippen molar-refractivity contribution in [1.82, 2.24) is 9.13 Å². The van der Waals surface area contributed by atoms with E-state index >= 15 is 0 Å². The molecule has 0 aromatic carbocycles. The van der Waals surface area contributed by atoms with Gasteiger partial charge in [0, 0.05) is 17.8 Å². The largest absolute Gasteiger partial charge is 0.393 e. The molecule has 0 saturated carbocycles. The first-order valence-corrected chi connectivity index (χ1v) is 4.78. The predicted molar refractivity (Wildman–Crippen MR) is 60.0 cm³/mol. The first kappa shape index (κ1) is 11.6. The van der Waals surface area contributed by atoms with Crippen molar-refractivity contribution in [2.75, 3.05) is 5.73 Å². The highest BCUT2D eigenvalue weighted by Crippen LogP contribution is 1.98. The van der Waals surface area contributed by atoms with Gasteiger partial charge in [0.1, 0.15) is 5.69 Å². The van der Waals surface area contributed by atoms with Crippen molar-refractivity contribution < 1.29 is 0 Å². The van der Waals surface area contributed by atoms with Gasteiger partial charge in [-0.1, -0.05) is 18.2 Å². The third-order valence-corrected chi connectivity index (χ3v) is 2.05. The highest BCUT2D eigenvalue weighted by Gasteiger charge is 2.08. The summed E-state index contributed by atoms with van der Waals surface area (Å²) in [6, 6.07) is 0. The Morgan fingerprint density at radius 1 is 1.60 bits per heavy atom. The van der Waals surface area contributed by atoms with Gasteiger partial charge < -0.3 is 5.73 Å². The summed E-state index contributed by atoms with van der Waals surface area (Å²) in [4.78, 5) is 23.2. The minimum absolute atomic E-state index is 0.0226. The van der Waals surface area contributed by atoms with Gasteiger partial charge in [-0.05, 0) is 6.92 Å². The van der Waals surface area contributed by atoms with Crippen LogP contribution in [0.3, 0.4) is 0 Å². The topological polar surface area (TPSA) is 70.0 Å². The van der Waals surface area contributed by atoms with Crippen LogP contribution in [0.15, 0.2) is 27.4 Å². The van der Waals surface area contributed by atoms with E-state index in [9.17, 15) is 9.59 Å². The summed E-state index contributed by atoms with van der Waals surface area (Å²) in [6.07, 6.45) is 1.33. The third-order valence-electron chi connectivity index (χ3n) is 1.93. The van der Waals surface area contributed by atoms with E-state index in [-0.39, 0.29) is 17.3 Å². The van der Waals surface area contributed by atoms with Crippen molar-refractivity contribution in [2.45, 2.75) is 20.0 Å². The van der Waals surface area contributed by atoms with Gasteiger partial charge >= 0.3 is 5.69 Å². The van der Waals surface area contributed by atoms with E-state index in [0.29, 0.717) is 6.54 Å². The molecule has 0 spiro atoms. The standard InChI is InChI=1S/C9H12ClN3O2/c1-3-12-5-7(11)8(14)13(9(12)15)4-6(2)10/h5H,2-4,11H2,1H3. The van der Waals surface area contributed by atoms with Crippen LogP contribution in [0.5, 0.6) is 0 Å². The van der Waals surface area contributed by atoms with Crippen molar-refractivity contribution in [3.63, 3.8) is 0 Å². The van der Waals surface area contributed by atoms with Gasteiger partial charge in [-0.2, -0.15) is 0 Å². The number of nitrogens with two attached hydrogens (primary N) is 1. The van der Waals surface area contributed by atoms with Gasteiger partial charge in [0.25, 0.3) is 5.56 Å². The average molecular weight is 230 g/mol. The molecule has 0 atom stereocenters. The predicted octanol–water partition coefficient (Wildman–Crippen LogP) is 0.365. The molecule has 15 heavy (non-hydrogen) atoms. The van der Waals surface area contributed by atoms with E-state index in [1.807, 2.05) is 0 Å². The summed E-state index contributed by atoms with van der Waals surface area (Å²) in [7, 11) is 0. The fourth-order valence-corrected chi connectivity index (χ4v) is 1.33. The zero-order valence-electron chi connectivity index (χ0n) is 8.36. The molecule has 6 heteroatoms. The molecule has 0 aliphatic carbocycles. The van der Waals surface area contributed by atoms with Crippen LogP contribution in [0, 0.1) is 0 Å². The lowest BCUT2D eigenvalue weighted by atomic mass is 10.5. The molecule has 1 aromatic heterocycles. The Balaban J connectivity index is 3.48. The van der Waals surface area contributed by atoms with Crippen LogP contribution in [-0.4, -0.2) is 9.13 Å². The molecule has 0 saturated heterocycles. The smallest absolute Gasteiger partial charge is 0.331 e. The fourth-order valence-electron chi connectivity index (χ4n) is 1.21. The third kappa shape index (κ3) is 2.30. The number of nitrogens with zero attached hydrogens (tertiary/aromatic N) is 2. The lowest BCUT2D eigenvalue weighted by molar-refractivity contribution is 0.606. The number of rotatable bonds is 3. The molecule has 1 rings (SSSR count). The Bertz CT molecular complexity index is 501. The summed E-state index contributed by atoms with van der Waals surface area (Å²) in [6.45, 7) is 5.64. The molecule has 2 N–H and O–H groups in total. The molecule has 0 unspecified atom stereocenters. The molecule has 82 valence electrons. The van der Waals surface area contributed by atoms with E-state index in [4.69, 9.17) is 17.3 Å². The van der Waals surface area contributed by atoms with Crippen molar-refractivity contribution in [3.8, 4) is 0 Å². The summed E-state index contributed by atoms with van der Waals surface area (Å²) in [5.41, 5.74) is 4.53. The number of aromatic nitrogens is 2. The van der Waals surface area contributed by atoms with Gasteiger partial charge in [0.05, 0.1) is 6.54 Å². The minimum atomic E-state index is -0.536. The highest BCUT2D eigenvalue weighted by molar-refractivity contribution is 6.29.